The number of amides is 1. The van der Waals surface area contributed by atoms with Crippen LogP contribution in [0.4, 0.5) is 14.9 Å². The lowest BCUT2D eigenvalue weighted by Crippen LogP contribution is -2.48. The molecule has 4 rings (SSSR count). The first-order valence-electron chi connectivity index (χ1n) is 13.1. The first-order valence-corrected chi connectivity index (χ1v) is 13.1. The van der Waals surface area contributed by atoms with E-state index in [1.54, 1.807) is 18.3 Å². The molecule has 1 N–H and O–H groups in total. The number of anilines is 1. The second-order valence-electron chi connectivity index (χ2n) is 11.2. The minimum absolute atomic E-state index is 0.0144. The molecule has 0 bridgehead atoms. The fourth-order valence-electron chi connectivity index (χ4n) is 4.89. The van der Waals surface area contributed by atoms with Gasteiger partial charge in [-0.1, -0.05) is 36.1 Å². The van der Waals surface area contributed by atoms with E-state index in [1.165, 1.54) is 41.9 Å². The zero-order valence-electron chi connectivity index (χ0n) is 23.0. The van der Waals surface area contributed by atoms with Crippen LogP contribution in [-0.4, -0.2) is 40.2 Å². The number of aromatic nitrogens is 1. The molecule has 0 spiro atoms. The number of nitrogens with zero attached hydrogens (tertiary/aromatic N) is 3. The fraction of sp³-hybridized carbons (Fsp3) is 0.552. The average Bonchev–Trinajstić information content (AvgIpc) is 3.24. The van der Waals surface area contributed by atoms with Crippen molar-refractivity contribution < 1.29 is 18.4 Å². The molecule has 37 heavy (non-hydrogen) atoms. The molecule has 1 aliphatic heterocycles. The number of benzene rings is 1. The summed E-state index contributed by atoms with van der Waals surface area (Å²) in [5.74, 6) is 1.28. The summed E-state index contributed by atoms with van der Waals surface area (Å²) < 4.78 is 24.4. The second kappa shape index (κ2) is 12.4. The highest BCUT2D eigenvalue weighted by Crippen LogP contribution is 2.36. The molecule has 0 saturated heterocycles. The van der Waals surface area contributed by atoms with Crippen molar-refractivity contribution in [3.63, 3.8) is 0 Å². The maximum Gasteiger partial charge on any atom is 0.410 e. The van der Waals surface area contributed by atoms with Crippen molar-refractivity contribution in [2.45, 2.75) is 91.8 Å². The molecule has 1 aromatic carbocycles. The van der Waals surface area contributed by atoms with Crippen LogP contribution in [0, 0.1) is 24.1 Å². The number of carbonyl (C=O) groups is 1. The van der Waals surface area contributed by atoms with Gasteiger partial charge in [0.05, 0.1) is 25.3 Å². The number of rotatable bonds is 3. The zero-order valence-corrected chi connectivity index (χ0v) is 23.0. The summed E-state index contributed by atoms with van der Waals surface area (Å²) >= 11 is 0. The Bertz CT molecular complexity index is 1080. The molecular weight excluding hydrogens is 471 g/mol. The number of aryl methyl sites for hydroxylation is 1. The Morgan fingerprint density at radius 3 is 2.43 bits per heavy atom. The van der Waals surface area contributed by atoms with Crippen molar-refractivity contribution in [1.29, 1.82) is 5.41 Å². The van der Waals surface area contributed by atoms with Gasteiger partial charge in [-0.25, -0.2) is 9.18 Å². The lowest BCUT2D eigenvalue weighted by atomic mass is 9.82. The predicted octanol–water partition coefficient (Wildman–Crippen LogP) is 7.26. The first-order chi connectivity index (χ1) is 17.4. The fourth-order valence-corrected chi connectivity index (χ4v) is 4.89. The number of amidine groups is 1. The number of carbonyl (C=O) groups excluding carboxylic acids is 1. The molecule has 2 aromatic rings. The van der Waals surface area contributed by atoms with Crippen molar-refractivity contribution in [3.8, 4) is 0 Å². The van der Waals surface area contributed by atoms with Gasteiger partial charge in [-0.2, -0.15) is 0 Å². The number of allylic oxidation sites excluding steroid dienone is 1. The predicted molar refractivity (Wildman–Crippen MR) is 144 cm³/mol. The summed E-state index contributed by atoms with van der Waals surface area (Å²) in [5, 5.41) is 12.4. The summed E-state index contributed by atoms with van der Waals surface area (Å²) in [4.78, 5) is 16.4. The van der Waals surface area contributed by atoms with E-state index < -0.39 is 11.7 Å². The smallest absolute Gasteiger partial charge is 0.410 e. The van der Waals surface area contributed by atoms with Crippen molar-refractivity contribution >= 4 is 17.6 Å². The molecule has 7 nitrogen and oxygen atoms in total. The topological polar surface area (TPSA) is 82.7 Å². The van der Waals surface area contributed by atoms with Gasteiger partial charge in [-0.05, 0) is 84.1 Å². The standard InChI is InChI=1S/C25H36FN3O2.C4H5NO/c1-17(2)13-22(18-9-7-6-8-10-18)29-21-12-11-20(26)14-19(21)15-28(16-23(29)27)24(30)31-25(3,4)5;1-4-2-3-5-6-4/h11-14,18,22,27H,6-10,15-16H2,1-5H3;2-3H,1H3. The molecule has 0 radical (unpaired) electrons. The van der Waals surface area contributed by atoms with E-state index in [1.807, 2.05) is 32.6 Å². The quantitative estimate of drug-likeness (QED) is 0.438. The number of hydrogen-bond acceptors (Lipinski definition) is 5. The summed E-state index contributed by atoms with van der Waals surface area (Å²) in [6.45, 7) is 11.8. The Hall–Kier alpha value is -3.16. The largest absolute Gasteiger partial charge is 0.444 e. The monoisotopic (exact) mass is 512 g/mol. The Morgan fingerprint density at radius 1 is 1.19 bits per heavy atom. The first kappa shape index (κ1) is 28.4. The van der Waals surface area contributed by atoms with Crippen LogP contribution < -0.4 is 4.90 Å². The van der Waals surface area contributed by atoms with Crippen LogP contribution in [0.15, 0.2) is 46.6 Å². The summed E-state index contributed by atoms with van der Waals surface area (Å²) in [6, 6.07) is 6.51. The molecule has 1 aromatic heterocycles. The van der Waals surface area contributed by atoms with Gasteiger partial charge in [-0.3, -0.25) is 10.3 Å². The molecule has 1 atom stereocenters. The van der Waals surface area contributed by atoms with E-state index in [4.69, 9.17) is 10.1 Å². The van der Waals surface area contributed by atoms with Crippen molar-refractivity contribution in [1.82, 2.24) is 10.1 Å². The maximum absolute atomic E-state index is 14.2. The molecule has 1 fully saturated rings. The summed E-state index contributed by atoms with van der Waals surface area (Å²) in [5.41, 5.74) is 2.07. The lowest BCUT2D eigenvalue weighted by molar-refractivity contribution is 0.0265. The number of halogens is 1. The molecule has 1 amide bonds. The van der Waals surface area contributed by atoms with Gasteiger partial charge < -0.3 is 14.2 Å². The van der Waals surface area contributed by atoms with Crippen LogP contribution in [0.25, 0.3) is 0 Å². The molecule has 202 valence electrons. The third kappa shape index (κ3) is 8.17. The van der Waals surface area contributed by atoms with E-state index in [0.29, 0.717) is 17.3 Å². The van der Waals surface area contributed by atoms with E-state index in [9.17, 15) is 9.18 Å². The van der Waals surface area contributed by atoms with Crippen LogP contribution >= 0.6 is 0 Å². The molecule has 1 aliphatic carbocycles. The highest BCUT2D eigenvalue weighted by molar-refractivity contribution is 6.00. The van der Waals surface area contributed by atoms with E-state index in [-0.39, 0.29) is 24.9 Å². The van der Waals surface area contributed by atoms with Gasteiger partial charge in [0.1, 0.15) is 23.0 Å². The minimum atomic E-state index is -0.636. The number of ether oxygens (including phenoxy) is 1. The van der Waals surface area contributed by atoms with Crippen LogP contribution in [0.2, 0.25) is 0 Å². The Balaban J connectivity index is 0.000000555. The number of fused-ring (bicyclic) bond motifs is 1. The lowest BCUT2D eigenvalue weighted by Gasteiger charge is -2.39. The van der Waals surface area contributed by atoms with E-state index in [2.05, 4.69) is 29.6 Å². The van der Waals surface area contributed by atoms with Gasteiger partial charge in [0, 0.05) is 11.8 Å². The molecule has 1 unspecified atom stereocenters. The third-order valence-corrected chi connectivity index (χ3v) is 6.45. The van der Waals surface area contributed by atoms with Gasteiger partial charge in [0.2, 0.25) is 0 Å². The average molecular weight is 513 g/mol. The van der Waals surface area contributed by atoms with Gasteiger partial charge >= 0.3 is 6.09 Å². The SMILES string of the molecule is CC(C)=CC(C1CCCCC1)N1C(=N)CN(C(=O)OC(C)(C)C)Cc2cc(F)ccc21.Cc1ccno1. The number of nitrogens with one attached hydrogen (secondary N) is 1. The highest BCUT2D eigenvalue weighted by atomic mass is 19.1. The maximum atomic E-state index is 14.2. The van der Waals surface area contributed by atoms with E-state index in [0.717, 1.165) is 24.3 Å². The molecule has 8 heteroatoms. The van der Waals surface area contributed by atoms with Crippen LogP contribution in [0.3, 0.4) is 0 Å². The zero-order chi connectivity index (χ0) is 27.2. The Labute approximate surface area is 220 Å². The second-order valence-corrected chi connectivity index (χ2v) is 11.2. The van der Waals surface area contributed by atoms with Gasteiger partial charge in [0.15, 0.2) is 0 Å². The van der Waals surface area contributed by atoms with Crippen molar-refractivity contribution in [2.24, 2.45) is 5.92 Å². The van der Waals surface area contributed by atoms with Crippen LogP contribution in [-0.2, 0) is 11.3 Å². The Morgan fingerprint density at radius 2 is 1.89 bits per heavy atom. The minimum Gasteiger partial charge on any atom is -0.444 e. The summed E-state index contributed by atoms with van der Waals surface area (Å²) in [7, 11) is 0. The van der Waals surface area contributed by atoms with Gasteiger partial charge in [0.25, 0.3) is 0 Å². The van der Waals surface area contributed by atoms with Crippen LogP contribution in [0.5, 0.6) is 0 Å². The molecule has 2 heterocycles. The third-order valence-electron chi connectivity index (χ3n) is 6.45. The molecular formula is C29H41FN4O3. The summed E-state index contributed by atoms with van der Waals surface area (Å²) in [6.07, 6.45) is 9.25. The number of hydrogen-bond donors (Lipinski definition) is 1. The molecule has 2 aliphatic rings. The Kier molecular flexibility index (Phi) is 9.51. The highest BCUT2D eigenvalue weighted by Gasteiger charge is 2.35. The van der Waals surface area contributed by atoms with E-state index >= 15 is 0 Å². The normalized spacial score (nSPS) is 17.2. The van der Waals surface area contributed by atoms with Crippen molar-refractivity contribution in [2.75, 3.05) is 11.4 Å². The van der Waals surface area contributed by atoms with Crippen LogP contribution in [0.1, 0.15) is 78.0 Å². The molecule has 1 saturated carbocycles. The van der Waals surface area contributed by atoms with Gasteiger partial charge in [-0.15, -0.1) is 0 Å². The van der Waals surface area contributed by atoms with Crippen molar-refractivity contribution in [3.05, 3.63) is 59.3 Å².